The van der Waals surface area contributed by atoms with Crippen molar-refractivity contribution in [1.29, 1.82) is 0 Å². The van der Waals surface area contributed by atoms with Crippen LogP contribution in [0.5, 0.6) is 0 Å². The zero-order chi connectivity index (χ0) is 27.0. The number of hydrogen-bond acceptors (Lipinski definition) is 9. The highest BCUT2D eigenvalue weighted by Gasteiger charge is 2.44. The van der Waals surface area contributed by atoms with Gasteiger partial charge < -0.3 is 14.7 Å². The lowest BCUT2D eigenvalue weighted by Gasteiger charge is -2.55. The van der Waals surface area contributed by atoms with Gasteiger partial charge in [0.05, 0.1) is 30.6 Å². The maximum absolute atomic E-state index is 6.31. The molecule has 0 N–H and O–H groups in total. The second-order valence-corrected chi connectivity index (χ2v) is 13.8. The van der Waals surface area contributed by atoms with Gasteiger partial charge in [-0.3, -0.25) is 0 Å². The van der Waals surface area contributed by atoms with E-state index >= 15 is 0 Å². The summed E-state index contributed by atoms with van der Waals surface area (Å²) in [4.78, 5) is 22.1. The molecule has 0 bridgehead atoms. The van der Waals surface area contributed by atoms with Gasteiger partial charge in [-0.25, -0.2) is 15.0 Å². The molecule has 3 aromatic heterocycles. The van der Waals surface area contributed by atoms with Gasteiger partial charge in [0.15, 0.2) is 15.4 Å². The number of nitrogens with zero attached hydrogens (tertiary/aromatic N) is 6. The zero-order valence-electron chi connectivity index (χ0n) is 21.0. The van der Waals surface area contributed by atoms with Gasteiger partial charge in [-0.05, 0) is 75.4 Å². The van der Waals surface area contributed by atoms with Crippen molar-refractivity contribution in [1.82, 2.24) is 15.0 Å². The fourth-order valence-corrected chi connectivity index (χ4v) is 9.46. The number of anilines is 3. The molecule has 1 aliphatic rings. The van der Waals surface area contributed by atoms with Crippen LogP contribution in [0, 0.1) is 0 Å². The molecule has 0 saturated carbocycles. The lowest BCUT2D eigenvalue weighted by Crippen LogP contribution is -2.69. The molecule has 0 amide bonds. The Balaban J connectivity index is 1.39. The molecule has 0 spiro atoms. The topological polar surface area (TPSA) is 48.4 Å². The number of thiazole rings is 3. The Kier molecular flexibility index (Phi) is 6.30. The molecule has 198 valence electrons. The van der Waals surface area contributed by atoms with Crippen molar-refractivity contribution in [2.45, 2.75) is 39.3 Å². The van der Waals surface area contributed by atoms with Crippen LogP contribution < -0.4 is 14.7 Å². The minimum atomic E-state index is -0.0397. The quantitative estimate of drug-likeness (QED) is 0.194. The molecule has 6 nitrogen and oxygen atoms in total. The third-order valence-electron chi connectivity index (χ3n) is 7.10. The minimum absolute atomic E-state index is 0.0397. The third-order valence-corrected chi connectivity index (χ3v) is 10.9. The van der Waals surface area contributed by atoms with E-state index in [-0.39, 0.29) is 18.5 Å². The second kappa shape index (κ2) is 9.61. The summed E-state index contributed by atoms with van der Waals surface area (Å²) in [6, 6.07) is 17.5. The summed E-state index contributed by atoms with van der Waals surface area (Å²) >= 11 is 23.9. The van der Waals surface area contributed by atoms with Gasteiger partial charge in [0.25, 0.3) is 0 Å². The van der Waals surface area contributed by atoms with Gasteiger partial charge >= 0.3 is 0 Å². The standard InChI is InChI=1S/C27H21Cl3N6S3/c1-13-34(25-31-19-7-4-16(28)10-22(19)37-25)14(2)36(27-33-21-9-6-18(30)12-24(21)39-27)15(3)35(13)26-32-20-8-5-17(29)11-23(20)38-26/h4-15H,1-3H3. The van der Waals surface area contributed by atoms with E-state index < -0.39 is 0 Å². The molecule has 39 heavy (non-hydrogen) atoms. The Morgan fingerprint density at radius 1 is 0.513 bits per heavy atom. The van der Waals surface area contributed by atoms with Crippen LogP contribution in [0.1, 0.15) is 20.8 Å². The number of fused-ring (bicyclic) bond motifs is 3. The van der Waals surface area contributed by atoms with Gasteiger partial charge in [-0.1, -0.05) is 68.8 Å². The van der Waals surface area contributed by atoms with Crippen molar-refractivity contribution in [3.8, 4) is 0 Å². The first-order valence-corrected chi connectivity index (χ1v) is 15.9. The summed E-state index contributed by atoms with van der Waals surface area (Å²) in [5, 5.41) is 4.87. The summed E-state index contributed by atoms with van der Waals surface area (Å²) < 4.78 is 3.16. The number of hydrogen-bond donors (Lipinski definition) is 0. The van der Waals surface area contributed by atoms with Crippen LogP contribution in [-0.4, -0.2) is 33.4 Å². The average molecular weight is 632 g/mol. The molecule has 0 aliphatic carbocycles. The molecule has 1 saturated heterocycles. The molecule has 3 aromatic carbocycles. The predicted octanol–water partition coefficient (Wildman–Crippen LogP) is 9.35. The number of halogens is 3. The molecule has 1 fully saturated rings. The molecule has 4 heterocycles. The SMILES string of the molecule is CC1N(c2nc3ccc(Cl)cc3s2)C(C)N(c2nc3ccc(Cl)cc3s2)C(C)N1c1nc2ccc(Cl)cc2s1. The Hall–Kier alpha value is -2.40. The van der Waals surface area contributed by atoms with Gasteiger partial charge in [0.1, 0.15) is 18.5 Å². The van der Waals surface area contributed by atoms with E-state index in [1.807, 2.05) is 54.6 Å². The largest absolute Gasteiger partial charge is 0.307 e. The van der Waals surface area contributed by atoms with Crippen molar-refractivity contribution in [2.24, 2.45) is 0 Å². The van der Waals surface area contributed by atoms with Crippen molar-refractivity contribution >= 4 is 115 Å². The number of rotatable bonds is 3. The van der Waals surface area contributed by atoms with E-state index in [0.29, 0.717) is 15.1 Å². The fraction of sp³-hybridized carbons (Fsp3) is 0.222. The van der Waals surface area contributed by atoms with Gasteiger partial charge in [0.2, 0.25) is 0 Å². The first-order valence-electron chi connectivity index (χ1n) is 12.3. The number of benzene rings is 3. The summed E-state index contributed by atoms with van der Waals surface area (Å²) in [6.45, 7) is 6.63. The summed E-state index contributed by atoms with van der Waals surface area (Å²) in [5.41, 5.74) is 2.79. The van der Waals surface area contributed by atoms with Crippen LogP contribution in [0.2, 0.25) is 15.1 Å². The van der Waals surface area contributed by atoms with Crippen molar-refractivity contribution in [2.75, 3.05) is 14.7 Å². The number of aromatic nitrogens is 3. The molecule has 0 atom stereocenters. The van der Waals surface area contributed by atoms with E-state index in [1.165, 1.54) is 0 Å². The summed E-state index contributed by atoms with van der Waals surface area (Å²) in [5.74, 6) is 0. The Labute approximate surface area is 252 Å². The molecule has 0 unspecified atom stereocenters. The van der Waals surface area contributed by atoms with Crippen LogP contribution in [0.3, 0.4) is 0 Å². The average Bonchev–Trinajstić information content (AvgIpc) is 3.59. The highest BCUT2D eigenvalue weighted by Crippen LogP contribution is 2.43. The maximum atomic E-state index is 6.31. The normalized spacial score (nSPS) is 20.2. The monoisotopic (exact) mass is 630 g/mol. The molecule has 0 radical (unpaired) electrons. The van der Waals surface area contributed by atoms with Crippen molar-refractivity contribution in [3.05, 3.63) is 69.7 Å². The zero-order valence-corrected chi connectivity index (χ0v) is 25.7. The second-order valence-electron chi connectivity index (χ2n) is 9.44. The molecule has 7 rings (SSSR count). The highest BCUT2D eigenvalue weighted by atomic mass is 35.5. The van der Waals surface area contributed by atoms with Crippen molar-refractivity contribution < 1.29 is 0 Å². The summed E-state index contributed by atoms with van der Waals surface area (Å²) in [6.07, 6.45) is -0.119. The smallest absolute Gasteiger partial charge is 0.189 e. The van der Waals surface area contributed by atoms with Crippen LogP contribution in [0.15, 0.2) is 54.6 Å². The maximum Gasteiger partial charge on any atom is 0.189 e. The molecular formula is C27H21Cl3N6S3. The van der Waals surface area contributed by atoms with E-state index in [1.54, 1.807) is 34.0 Å². The lowest BCUT2D eigenvalue weighted by molar-refractivity contribution is 0.380. The third kappa shape index (κ3) is 4.31. The van der Waals surface area contributed by atoms with Crippen LogP contribution in [0.4, 0.5) is 15.4 Å². The Bertz CT molecular complexity index is 1640. The Morgan fingerprint density at radius 2 is 0.795 bits per heavy atom. The highest BCUT2D eigenvalue weighted by molar-refractivity contribution is 7.23. The van der Waals surface area contributed by atoms with E-state index in [9.17, 15) is 0 Å². The summed E-state index contributed by atoms with van der Waals surface area (Å²) in [7, 11) is 0. The lowest BCUT2D eigenvalue weighted by atomic mass is 10.2. The first-order chi connectivity index (χ1) is 18.8. The first kappa shape index (κ1) is 25.6. The van der Waals surface area contributed by atoms with Gasteiger partial charge in [-0.2, -0.15) is 0 Å². The molecule has 12 heteroatoms. The van der Waals surface area contributed by atoms with E-state index in [2.05, 4.69) is 35.5 Å². The minimum Gasteiger partial charge on any atom is -0.307 e. The van der Waals surface area contributed by atoms with Gasteiger partial charge in [-0.15, -0.1) is 0 Å². The predicted molar refractivity (Wildman–Crippen MR) is 170 cm³/mol. The van der Waals surface area contributed by atoms with Crippen molar-refractivity contribution in [3.63, 3.8) is 0 Å². The van der Waals surface area contributed by atoms with Crippen LogP contribution in [0.25, 0.3) is 30.6 Å². The molecular weight excluding hydrogens is 611 g/mol. The van der Waals surface area contributed by atoms with Crippen LogP contribution >= 0.6 is 68.8 Å². The molecule has 1 aliphatic heterocycles. The van der Waals surface area contributed by atoms with Crippen LogP contribution in [-0.2, 0) is 0 Å². The molecule has 6 aromatic rings. The fourth-order valence-electron chi connectivity index (χ4n) is 5.29. The van der Waals surface area contributed by atoms with Gasteiger partial charge in [0, 0.05) is 15.1 Å². The van der Waals surface area contributed by atoms with E-state index in [4.69, 9.17) is 49.8 Å². The van der Waals surface area contributed by atoms with E-state index in [0.717, 1.165) is 46.0 Å². The Morgan fingerprint density at radius 3 is 1.08 bits per heavy atom.